The largest absolute Gasteiger partial charge is 0.379 e. The van der Waals surface area contributed by atoms with E-state index in [-0.39, 0.29) is 0 Å². The quantitative estimate of drug-likeness (QED) is 0.768. The van der Waals surface area contributed by atoms with Gasteiger partial charge in [-0.3, -0.25) is 0 Å². The van der Waals surface area contributed by atoms with Crippen molar-refractivity contribution >= 4 is 34.5 Å². The van der Waals surface area contributed by atoms with E-state index in [1.807, 2.05) is 54.0 Å². The molecule has 1 aromatic carbocycles. The van der Waals surface area contributed by atoms with Gasteiger partial charge in [0.1, 0.15) is 5.65 Å². The van der Waals surface area contributed by atoms with E-state index >= 15 is 0 Å². The average molecular weight is 306 g/mol. The Hall–Kier alpha value is -1.71. The molecule has 0 atom stereocenters. The summed E-state index contributed by atoms with van der Waals surface area (Å²) in [6.45, 7) is 2.62. The number of hydrogen-bond donors (Lipinski definition) is 1. The van der Waals surface area contributed by atoms with Gasteiger partial charge in [-0.05, 0) is 36.8 Å². The van der Waals surface area contributed by atoms with E-state index in [4.69, 9.17) is 23.2 Å². The summed E-state index contributed by atoms with van der Waals surface area (Å²) < 4.78 is 1.92. The highest BCUT2D eigenvalue weighted by atomic mass is 35.5. The number of anilines is 1. The van der Waals surface area contributed by atoms with Gasteiger partial charge >= 0.3 is 0 Å². The highest BCUT2D eigenvalue weighted by molar-refractivity contribution is 6.31. The van der Waals surface area contributed by atoms with Gasteiger partial charge in [0.05, 0.1) is 17.3 Å². The van der Waals surface area contributed by atoms with Crippen LogP contribution in [0.2, 0.25) is 10.0 Å². The molecule has 3 nitrogen and oxygen atoms in total. The molecule has 5 heteroatoms. The minimum atomic E-state index is 0.638. The summed E-state index contributed by atoms with van der Waals surface area (Å²) in [5, 5.41) is 4.77. The Morgan fingerprint density at radius 1 is 1.15 bits per heavy atom. The Labute approximate surface area is 127 Å². The van der Waals surface area contributed by atoms with Crippen molar-refractivity contribution in [1.29, 1.82) is 0 Å². The van der Waals surface area contributed by atoms with Crippen molar-refractivity contribution in [2.24, 2.45) is 0 Å². The summed E-state index contributed by atoms with van der Waals surface area (Å²) >= 11 is 12.1. The van der Waals surface area contributed by atoms with E-state index < -0.39 is 0 Å². The van der Waals surface area contributed by atoms with E-state index in [1.54, 1.807) is 0 Å². The number of pyridine rings is 1. The van der Waals surface area contributed by atoms with Crippen molar-refractivity contribution < 1.29 is 0 Å². The van der Waals surface area contributed by atoms with E-state index in [9.17, 15) is 0 Å². The number of fused-ring (bicyclic) bond motifs is 1. The molecule has 0 saturated heterocycles. The lowest BCUT2D eigenvalue weighted by Gasteiger charge is -2.06. The lowest BCUT2D eigenvalue weighted by Crippen LogP contribution is -1.99. The van der Waals surface area contributed by atoms with Crippen LogP contribution in [0.4, 0.5) is 5.69 Å². The molecule has 0 unspecified atom stereocenters. The van der Waals surface area contributed by atoms with Crippen LogP contribution in [0.5, 0.6) is 0 Å². The third-order valence-electron chi connectivity index (χ3n) is 3.11. The van der Waals surface area contributed by atoms with Crippen LogP contribution in [-0.4, -0.2) is 9.38 Å². The summed E-state index contributed by atoms with van der Waals surface area (Å²) in [6, 6.07) is 9.65. The molecule has 1 N–H and O–H groups in total. The Kier molecular flexibility index (Phi) is 3.55. The first-order chi connectivity index (χ1) is 9.61. The third-order valence-corrected chi connectivity index (χ3v) is 3.74. The fourth-order valence-corrected chi connectivity index (χ4v) is 2.35. The predicted octanol–water partition coefficient (Wildman–Crippen LogP) is 4.56. The van der Waals surface area contributed by atoms with E-state index in [0.717, 1.165) is 27.6 Å². The summed E-state index contributed by atoms with van der Waals surface area (Å²) in [5.74, 6) is 0. The van der Waals surface area contributed by atoms with Crippen molar-refractivity contribution in [3.8, 4) is 0 Å². The normalized spacial score (nSPS) is 10.9. The van der Waals surface area contributed by atoms with Crippen LogP contribution < -0.4 is 5.32 Å². The zero-order chi connectivity index (χ0) is 14.1. The van der Waals surface area contributed by atoms with E-state index in [2.05, 4.69) is 10.3 Å². The summed E-state index contributed by atoms with van der Waals surface area (Å²) in [5.41, 5.74) is 3.88. The average Bonchev–Trinajstić information content (AvgIpc) is 2.82. The smallest absolute Gasteiger partial charge is 0.137 e. The van der Waals surface area contributed by atoms with Crippen LogP contribution >= 0.6 is 23.2 Å². The summed E-state index contributed by atoms with van der Waals surface area (Å²) in [6.07, 6.45) is 3.81. The van der Waals surface area contributed by atoms with Crippen molar-refractivity contribution in [3.63, 3.8) is 0 Å². The second-order valence-electron chi connectivity index (χ2n) is 4.66. The SMILES string of the molecule is Cc1ccc(NCc2cn3cc(Cl)ccc3n2)cc1Cl. The number of imidazole rings is 1. The number of halogens is 2. The fraction of sp³-hybridized carbons (Fsp3) is 0.133. The molecule has 3 rings (SSSR count). The van der Waals surface area contributed by atoms with Gasteiger partial charge in [-0.15, -0.1) is 0 Å². The molecule has 2 aromatic heterocycles. The van der Waals surface area contributed by atoms with Gasteiger partial charge in [0.2, 0.25) is 0 Å². The van der Waals surface area contributed by atoms with Gasteiger partial charge in [-0.2, -0.15) is 0 Å². The van der Waals surface area contributed by atoms with Gasteiger partial charge in [-0.1, -0.05) is 29.3 Å². The van der Waals surface area contributed by atoms with Crippen LogP contribution in [0.25, 0.3) is 5.65 Å². The Morgan fingerprint density at radius 2 is 2.00 bits per heavy atom. The highest BCUT2D eigenvalue weighted by Crippen LogP contribution is 2.20. The van der Waals surface area contributed by atoms with Gasteiger partial charge in [0.25, 0.3) is 0 Å². The molecule has 2 heterocycles. The number of aromatic nitrogens is 2. The standard InChI is InChI=1S/C15H13Cl2N3/c1-10-2-4-12(6-14(10)17)18-7-13-9-20-8-11(16)3-5-15(20)19-13/h2-6,8-9,18H,7H2,1H3. The van der Waals surface area contributed by atoms with Crippen LogP contribution in [0.15, 0.2) is 42.7 Å². The number of rotatable bonds is 3. The molecule has 0 spiro atoms. The monoisotopic (exact) mass is 305 g/mol. The lowest BCUT2D eigenvalue weighted by molar-refractivity contribution is 1.08. The minimum Gasteiger partial charge on any atom is -0.379 e. The summed E-state index contributed by atoms with van der Waals surface area (Å²) in [4.78, 5) is 4.52. The maximum Gasteiger partial charge on any atom is 0.137 e. The Bertz CT molecular complexity index is 765. The maximum atomic E-state index is 6.10. The van der Waals surface area contributed by atoms with E-state index in [0.29, 0.717) is 11.6 Å². The van der Waals surface area contributed by atoms with Crippen molar-refractivity contribution in [1.82, 2.24) is 9.38 Å². The first kappa shape index (κ1) is 13.3. The Balaban J connectivity index is 1.77. The molecule has 3 aromatic rings. The van der Waals surface area contributed by atoms with E-state index in [1.165, 1.54) is 0 Å². The molecule has 0 saturated carbocycles. The molecular formula is C15H13Cl2N3. The molecule has 0 amide bonds. The first-order valence-electron chi connectivity index (χ1n) is 6.25. The van der Waals surface area contributed by atoms with Gasteiger partial charge in [-0.25, -0.2) is 4.98 Å². The fourth-order valence-electron chi connectivity index (χ4n) is 2.00. The maximum absolute atomic E-state index is 6.10. The topological polar surface area (TPSA) is 29.3 Å². The molecule has 0 radical (unpaired) electrons. The number of nitrogens with zero attached hydrogens (tertiary/aromatic N) is 2. The minimum absolute atomic E-state index is 0.638. The predicted molar refractivity (Wildman–Crippen MR) is 83.7 cm³/mol. The molecule has 0 aliphatic heterocycles. The Morgan fingerprint density at radius 3 is 2.80 bits per heavy atom. The zero-order valence-corrected chi connectivity index (χ0v) is 12.4. The number of hydrogen-bond acceptors (Lipinski definition) is 2. The van der Waals surface area contributed by atoms with Crippen LogP contribution in [0.3, 0.4) is 0 Å². The van der Waals surface area contributed by atoms with Crippen LogP contribution in [-0.2, 0) is 6.54 Å². The van der Waals surface area contributed by atoms with Crippen molar-refractivity contribution in [2.75, 3.05) is 5.32 Å². The molecule has 0 aliphatic carbocycles. The number of benzene rings is 1. The second kappa shape index (κ2) is 5.35. The lowest BCUT2D eigenvalue weighted by atomic mass is 10.2. The third kappa shape index (κ3) is 2.74. The van der Waals surface area contributed by atoms with Crippen LogP contribution in [0.1, 0.15) is 11.3 Å². The highest BCUT2D eigenvalue weighted by Gasteiger charge is 2.03. The van der Waals surface area contributed by atoms with Crippen LogP contribution in [0, 0.1) is 6.92 Å². The number of aryl methyl sites for hydroxylation is 1. The molecule has 20 heavy (non-hydrogen) atoms. The van der Waals surface area contributed by atoms with Crippen molar-refractivity contribution in [2.45, 2.75) is 13.5 Å². The zero-order valence-electron chi connectivity index (χ0n) is 10.9. The molecule has 0 aliphatic rings. The number of nitrogens with one attached hydrogen (secondary N) is 1. The first-order valence-corrected chi connectivity index (χ1v) is 7.00. The second-order valence-corrected chi connectivity index (χ2v) is 5.51. The molecule has 102 valence electrons. The summed E-state index contributed by atoms with van der Waals surface area (Å²) in [7, 11) is 0. The van der Waals surface area contributed by atoms with Gasteiger partial charge in [0, 0.05) is 23.1 Å². The van der Waals surface area contributed by atoms with Gasteiger partial charge in [0.15, 0.2) is 0 Å². The van der Waals surface area contributed by atoms with Crippen molar-refractivity contribution in [3.05, 3.63) is 64.0 Å². The molecule has 0 fully saturated rings. The molecular weight excluding hydrogens is 293 g/mol. The molecule has 0 bridgehead atoms. The van der Waals surface area contributed by atoms with Gasteiger partial charge < -0.3 is 9.72 Å².